The predicted octanol–water partition coefficient (Wildman–Crippen LogP) is 4.98. The molecule has 8 nitrogen and oxygen atoms in total. The van der Waals surface area contributed by atoms with Gasteiger partial charge in [-0.25, -0.2) is 9.59 Å². The van der Waals surface area contributed by atoms with E-state index in [1.54, 1.807) is 20.8 Å². The van der Waals surface area contributed by atoms with E-state index in [-0.39, 0.29) is 17.7 Å². The van der Waals surface area contributed by atoms with E-state index in [1.807, 2.05) is 0 Å². The molecule has 3 N–H and O–H groups in total. The molecule has 0 saturated carbocycles. The molecule has 2 aromatic heterocycles. The van der Waals surface area contributed by atoms with E-state index in [9.17, 15) is 22.8 Å². The summed E-state index contributed by atoms with van der Waals surface area (Å²) in [7, 11) is 0. The van der Waals surface area contributed by atoms with Crippen LogP contribution >= 0.6 is 22.7 Å². The number of hydrogen-bond acceptors (Lipinski definition) is 8. The van der Waals surface area contributed by atoms with Gasteiger partial charge in [-0.2, -0.15) is 13.2 Å². The van der Waals surface area contributed by atoms with Crippen LogP contribution in [0.3, 0.4) is 0 Å². The van der Waals surface area contributed by atoms with Gasteiger partial charge < -0.3 is 24.8 Å². The Hall–Kier alpha value is -2.19. The Bertz CT molecular complexity index is 1240. The van der Waals surface area contributed by atoms with Crippen molar-refractivity contribution in [3.63, 3.8) is 0 Å². The van der Waals surface area contributed by atoms with Crippen LogP contribution in [0.5, 0.6) is 0 Å². The third-order valence-corrected chi connectivity index (χ3v) is 9.11. The molecule has 3 aliphatic rings. The molecule has 1 fully saturated rings. The lowest BCUT2D eigenvalue weighted by Crippen LogP contribution is -2.36. The Morgan fingerprint density at radius 1 is 1.08 bits per heavy atom. The first-order chi connectivity index (χ1) is 17.9. The maximum absolute atomic E-state index is 13.7. The van der Waals surface area contributed by atoms with E-state index in [2.05, 4.69) is 16.0 Å². The largest absolute Gasteiger partial charge is 0.456 e. The molecule has 1 spiro atoms. The number of carbonyl (C=O) groups excluding carboxylic acids is 2. The molecule has 0 bridgehead atoms. The van der Waals surface area contributed by atoms with Crippen molar-refractivity contribution in [1.82, 2.24) is 10.6 Å². The van der Waals surface area contributed by atoms with Gasteiger partial charge in [-0.3, -0.25) is 5.32 Å². The van der Waals surface area contributed by atoms with Crippen LogP contribution in [0.4, 0.5) is 23.0 Å². The molecule has 208 valence electrons. The fourth-order valence-electron chi connectivity index (χ4n) is 5.08. The Kier molecular flexibility index (Phi) is 7.27. The molecular formula is C25H30F3N3O5S2. The van der Waals surface area contributed by atoms with Crippen molar-refractivity contribution >= 4 is 39.7 Å². The van der Waals surface area contributed by atoms with Gasteiger partial charge in [-0.15, -0.1) is 22.7 Å². The van der Waals surface area contributed by atoms with Crippen LogP contribution in [0.25, 0.3) is 0 Å². The average Bonchev–Trinajstić information content (AvgIpc) is 3.51. The van der Waals surface area contributed by atoms with Crippen LogP contribution in [-0.4, -0.2) is 43.1 Å². The number of thiophene rings is 2. The lowest BCUT2D eigenvalue weighted by molar-refractivity contribution is -0.163. The second-order valence-corrected chi connectivity index (χ2v) is 12.7. The summed E-state index contributed by atoms with van der Waals surface area (Å²) in [6.07, 6.45) is -2.53. The van der Waals surface area contributed by atoms with Crippen molar-refractivity contribution in [3.05, 3.63) is 36.9 Å². The fraction of sp³-hybridized carbons (Fsp3) is 0.600. The van der Waals surface area contributed by atoms with Crippen molar-refractivity contribution in [1.29, 1.82) is 0 Å². The van der Waals surface area contributed by atoms with E-state index in [0.717, 1.165) is 21.8 Å². The molecule has 1 saturated heterocycles. The number of nitrogens with one attached hydrogen (secondary N) is 3. The molecule has 0 atom stereocenters. The summed E-state index contributed by atoms with van der Waals surface area (Å²) < 4.78 is 58.5. The lowest BCUT2D eigenvalue weighted by atomic mass is 9.90. The van der Waals surface area contributed by atoms with Gasteiger partial charge in [0.2, 0.25) is 0 Å². The third kappa shape index (κ3) is 5.57. The summed E-state index contributed by atoms with van der Waals surface area (Å²) in [4.78, 5) is 27.0. The molecule has 13 heteroatoms. The Morgan fingerprint density at radius 2 is 1.82 bits per heavy atom. The highest BCUT2D eigenvalue weighted by atomic mass is 32.1. The summed E-state index contributed by atoms with van der Waals surface area (Å²) in [5.41, 5.74) is 1.05. The van der Waals surface area contributed by atoms with Gasteiger partial charge in [0.05, 0.1) is 18.8 Å². The van der Waals surface area contributed by atoms with Gasteiger partial charge in [0.1, 0.15) is 15.5 Å². The van der Waals surface area contributed by atoms with E-state index >= 15 is 0 Å². The highest BCUT2D eigenvalue weighted by Gasteiger charge is 2.43. The number of ether oxygens (including phenoxy) is 3. The van der Waals surface area contributed by atoms with Gasteiger partial charge in [-0.1, -0.05) is 0 Å². The molecule has 5 rings (SSSR count). The van der Waals surface area contributed by atoms with Crippen LogP contribution in [0.15, 0.2) is 0 Å². The Morgan fingerprint density at radius 3 is 2.50 bits per heavy atom. The SMILES string of the molecule is CC(C)(C)OC(=O)c1c(NC(=O)NCc2c(C(F)(F)F)sc3c2CCNC3)sc2c1CCC1(C2)OCCO1. The molecule has 0 radical (unpaired) electrons. The molecule has 0 unspecified atom stereocenters. The smallest absolute Gasteiger partial charge is 0.425 e. The van der Waals surface area contributed by atoms with Crippen molar-refractivity contribution in [3.8, 4) is 0 Å². The first kappa shape index (κ1) is 27.4. The summed E-state index contributed by atoms with van der Waals surface area (Å²) in [5, 5.41) is 8.67. The number of anilines is 1. The number of esters is 1. The average molecular weight is 574 g/mol. The standard InChI is InChI=1S/C25H30F3N3O5S2/c1-23(2,3)36-21(32)18-14-4-6-24(34-8-9-35-24)10-16(14)38-20(18)31-22(33)30-11-15-13-5-7-29-12-17(13)37-19(15)25(26,27)28/h29H,4-12H2,1-3H3,(H2,30,31,33). The van der Waals surface area contributed by atoms with Crippen LogP contribution in [0.2, 0.25) is 0 Å². The van der Waals surface area contributed by atoms with Gasteiger partial charge >= 0.3 is 18.2 Å². The summed E-state index contributed by atoms with van der Waals surface area (Å²) in [6, 6.07) is -0.696. The molecule has 1 aliphatic carbocycles. The first-order valence-electron chi connectivity index (χ1n) is 12.5. The highest BCUT2D eigenvalue weighted by Crippen LogP contribution is 2.45. The second-order valence-electron chi connectivity index (χ2n) is 10.5. The number of urea groups is 1. The van der Waals surface area contributed by atoms with E-state index < -0.39 is 34.4 Å². The van der Waals surface area contributed by atoms with Crippen molar-refractivity contribution in [2.24, 2.45) is 0 Å². The van der Waals surface area contributed by atoms with Crippen LogP contribution in [-0.2, 0) is 52.7 Å². The third-order valence-electron chi connectivity index (χ3n) is 6.64. The molecule has 0 aromatic carbocycles. The maximum atomic E-state index is 13.7. The summed E-state index contributed by atoms with van der Waals surface area (Å²) in [6.45, 7) is 6.95. The molecule has 2 amide bonds. The zero-order chi connectivity index (χ0) is 27.3. The molecule has 2 aliphatic heterocycles. The number of hydrogen-bond donors (Lipinski definition) is 3. The molecule has 38 heavy (non-hydrogen) atoms. The van der Waals surface area contributed by atoms with Gasteiger partial charge in [0, 0.05) is 35.7 Å². The van der Waals surface area contributed by atoms with Gasteiger partial charge in [-0.05, 0) is 56.8 Å². The minimum Gasteiger partial charge on any atom is -0.456 e. The molecular weight excluding hydrogens is 543 g/mol. The zero-order valence-electron chi connectivity index (χ0n) is 21.4. The lowest BCUT2D eigenvalue weighted by Gasteiger charge is -2.31. The maximum Gasteiger partial charge on any atom is 0.425 e. The van der Waals surface area contributed by atoms with E-state index in [1.165, 1.54) is 11.3 Å². The van der Waals surface area contributed by atoms with Crippen molar-refractivity contribution in [2.45, 2.75) is 77.1 Å². The topological polar surface area (TPSA) is 97.9 Å². The predicted molar refractivity (Wildman–Crippen MR) is 137 cm³/mol. The van der Waals surface area contributed by atoms with Crippen molar-refractivity contribution < 1.29 is 37.0 Å². The molecule has 2 aromatic rings. The normalized spacial score (nSPS) is 18.7. The van der Waals surface area contributed by atoms with E-state index in [4.69, 9.17) is 14.2 Å². The number of amides is 2. The minimum atomic E-state index is -4.51. The number of halogens is 3. The number of fused-ring (bicyclic) bond motifs is 2. The Balaban J connectivity index is 1.38. The Labute approximate surface area is 226 Å². The summed E-state index contributed by atoms with van der Waals surface area (Å²) in [5.74, 6) is -1.29. The zero-order valence-corrected chi connectivity index (χ0v) is 23.0. The second kappa shape index (κ2) is 10.1. The monoisotopic (exact) mass is 573 g/mol. The summed E-state index contributed by atoms with van der Waals surface area (Å²) >= 11 is 1.96. The number of alkyl halides is 3. The number of carbonyl (C=O) groups is 2. The van der Waals surface area contributed by atoms with Crippen LogP contribution < -0.4 is 16.0 Å². The minimum absolute atomic E-state index is 0.101. The van der Waals surface area contributed by atoms with Crippen LogP contribution in [0, 0.1) is 0 Å². The molecule has 4 heterocycles. The first-order valence-corrected chi connectivity index (χ1v) is 14.1. The van der Waals surface area contributed by atoms with Crippen molar-refractivity contribution in [2.75, 3.05) is 25.1 Å². The fourth-order valence-corrected chi connectivity index (χ4v) is 7.60. The van der Waals surface area contributed by atoms with Gasteiger partial charge in [0.15, 0.2) is 5.79 Å². The number of rotatable bonds is 4. The quantitative estimate of drug-likeness (QED) is 0.447. The van der Waals surface area contributed by atoms with Gasteiger partial charge in [0.25, 0.3) is 0 Å². The van der Waals surface area contributed by atoms with Crippen LogP contribution in [0.1, 0.15) is 68.9 Å². The van der Waals surface area contributed by atoms with E-state index in [0.29, 0.717) is 67.4 Å². The highest BCUT2D eigenvalue weighted by molar-refractivity contribution is 7.17.